The number of benzene rings is 1. The highest BCUT2D eigenvalue weighted by Gasteiger charge is 2.09. The van der Waals surface area contributed by atoms with Gasteiger partial charge < -0.3 is 10.4 Å². The van der Waals surface area contributed by atoms with Crippen LogP contribution in [0, 0.1) is 0 Å². The van der Waals surface area contributed by atoms with E-state index in [1.54, 1.807) is 31.4 Å². The third-order valence-corrected chi connectivity index (χ3v) is 2.89. The van der Waals surface area contributed by atoms with Crippen molar-refractivity contribution in [2.45, 2.75) is 12.8 Å². The molecule has 6 heteroatoms. The first-order valence-electron chi connectivity index (χ1n) is 6.16. The summed E-state index contributed by atoms with van der Waals surface area (Å²) in [4.78, 5) is 22.4. The minimum Gasteiger partial charge on any atom is -0.481 e. The number of carbonyl (C=O) groups is 2. The van der Waals surface area contributed by atoms with E-state index in [0.717, 1.165) is 5.56 Å². The number of nitrogens with zero attached hydrogens (tertiary/aromatic N) is 2. The molecule has 2 N–H and O–H groups in total. The lowest BCUT2D eigenvalue weighted by Gasteiger charge is -2.06. The Hall–Kier alpha value is -2.63. The molecule has 1 aromatic heterocycles. The molecule has 2 rings (SSSR count). The number of aliphatic carboxylic acids is 1. The second-order valence-electron chi connectivity index (χ2n) is 4.38. The molecule has 1 heterocycles. The highest BCUT2D eigenvalue weighted by Crippen LogP contribution is 2.12. The molecule has 6 nitrogen and oxygen atoms in total. The van der Waals surface area contributed by atoms with Crippen molar-refractivity contribution < 1.29 is 14.7 Å². The molecule has 1 amide bonds. The second kappa shape index (κ2) is 6.01. The Morgan fingerprint density at radius 2 is 1.95 bits per heavy atom. The molecule has 0 aliphatic heterocycles. The van der Waals surface area contributed by atoms with E-state index >= 15 is 0 Å². The minimum atomic E-state index is -0.821. The van der Waals surface area contributed by atoms with Gasteiger partial charge in [-0.25, -0.2) is 0 Å². The average Bonchev–Trinajstić information content (AvgIpc) is 2.84. The first kappa shape index (κ1) is 13.8. The molecule has 0 unspecified atom stereocenters. The van der Waals surface area contributed by atoms with Gasteiger partial charge in [-0.15, -0.1) is 0 Å². The van der Waals surface area contributed by atoms with Crippen molar-refractivity contribution in [3.63, 3.8) is 0 Å². The third kappa shape index (κ3) is 3.44. The van der Waals surface area contributed by atoms with Gasteiger partial charge in [-0.3, -0.25) is 14.3 Å². The molecule has 0 aliphatic rings. The zero-order chi connectivity index (χ0) is 14.5. The first-order chi connectivity index (χ1) is 9.56. The number of aromatic nitrogens is 2. The van der Waals surface area contributed by atoms with Gasteiger partial charge in [0.05, 0.1) is 0 Å². The zero-order valence-corrected chi connectivity index (χ0v) is 11.0. The fourth-order valence-corrected chi connectivity index (χ4v) is 1.80. The van der Waals surface area contributed by atoms with Crippen LogP contribution in [0.25, 0.3) is 0 Å². The van der Waals surface area contributed by atoms with Gasteiger partial charge in [0, 0.05) is 25.4 Å². The molecular weight excluding hydrogens is 258 g/mol. The molecule has 0 radical (unpaired) electrons. The van der Waals surface area contributed by atoms with E-state index in [1.807, 2.05) is 12.1 Å². The molecule has 1 aromatic carbocycles. The highest BCUT2D eigenvalue weighted by atomic mass is 16.4. The smallest absolute Gasteiger partial charge is 0.303 e. The third-order valence-electron chi connectivity index (χ3n) is 2.89. The summed E-state index contributed by atoms with van der Waals surface area (Å²) in [5, 5.41) is 15.3. The Balaban J connectivity index is 1.99. The van der Waals surface area contributed by atoms with E-state index < -0.39 is 5.97 Å². The zero-order valence-electron chi connectivity index (χ0n) is 11.0. The van der Waals surface area contributed by atoms with Gasteiger partial charge >= 0.3 is 5.97 Å². The van der Waals surface area contributed by atoms with Crippen molar-refractivity contribution in [2.75, 3.05) is 5.32 Å². The Bertz CT molecular complexity index is 617. The summed E-state index contributed by atoms with van der Waals surface area (Å²) < 4.78 is 1.50. The topological polar surface area (TPSA) is 84.2 Å². The lowest BCUT2D eigenvalue weighted by Crippen LogP contribution is -2.16. The van der Waals surface area contributed by atoms with Crippen LogP contribution in [-0.4, -0.2) is 26.8 Å². The van der Waals surface area contributed by atoms with Crippen LogP contribution in [0.3, 0.4) is 0 Å². The first-order valence-corrected chi connectivity index (χ1v) is 6.16. The number of carboxylic acid groups (broad SMARTS) is 1. The van der Waals surface area contributed by atoms with Crippen molar-refractivity contribution in [3.05, 3.63) is 47.8 Å². The van der Waals surface area contributed by atoms with Crippen molar-refractivity contribution in [1.82, 2.24) is 9.78 Å². The van der Waals surface area contributed by atoms with Crippen molar-refractivity contribution in [1.29, 1.82) is 0 Å². The number of rotatable bonds is 5. The Kier molecular flexibility index (Phi) is 4.14. The van der Waals surface area contributed by atoms with Gasteiger partial charge in [0.15, 0.2) is 0 Å². The molecule has 0 aliphatic carbocycles. The van der Waals surface area contributed by atoms with Gasteiger partial charge in [0.25, 0.3) is 5.91 Å². The number of hydrogen-bond donors (Lipinski definition) is 2. The fourth-order valence-electron chi connectivity index (χ4n) is 1.80. The maximum atomic E-state index is 11.9. The molecule has 2 aromatic rings. The number of carboxylic acids is 1. The van der Waals surface area contributed by atoms with Gasteiger partial charge in [-0.2, -0.15) is 5.10 Å². The SMILES string of the molecule is Cn1nccc1C(=O)Nc1ccc(CCC(=O)O)cc1. The number of hydrogen-bond acceptors (Lipinski definition) is 3. The van der Waals surface area contributed by atoms with Crippen LogP contribution in [-0.2, 0) is 18.3 Å². The largest absolute Gasteiger partial charge is 0.481 e. The Morgan fingerprint density at radius 1 is 1.25 bits per heavy atom. The molecule has 104 valence electrons. The summed E-state index contributed by atoms with van der Waals surface area (Å²) in [5.74, 6) is -1.05. The summed E-state index contributed by atoms with van der Waals surface area (Å²) in [6.07, 6.45) is 2.13. The maximum absolute atomic E-state index is 11.9. The van der Waals surface area contributed by atoms with Crippen LogP contribution in [0.15, 0.2) is 36.5 Å². The van der Waals surface area contributed by atoms with E-state index in [-0.39, 0.29) is 12.3 Å². The number of nitrogens with one attached hydrogen (secondary N) is 1. The monoisotopic (exact) mass is 273 g/mol. The maximum Gasteiger partial charge on any atom is 0.303 e. The van der Waals surface area contributed by atoms with Crippen LogP contribution in [0.5, 0.6) is 0 Å². The molecule has 20 heavy (non-hydrogen) atoms. The summed E-state index contributed by atoms with van der Waals surface area (Å²) >= 11 is 0. The number of aryl methyl sites for hydroxylation is 2. The van der Waals surface area contributed by atoms with Crippen LogP contribution in [0.4, 0.5) is 5.69 Å². The van der Waals surface area contributed by atoms with Gasteiger partial charge in [-0.05, 0) is 30.2 Å². The van der Waals surface area contributed by atoms with Crippen molar-refractivity contribution in [3.8, 4) is 0 Å². The number of amides is 1. The summed E-state index contributed by atoms with van der Waals surface area (Å²) in [6, 6.07) is 8.76. The summed E-state index contributed by atoms with van der Waals surface area (Å²) in [6.45, 7) is 0. The van der Waals surface area contributed by atoms with E-state index in [2.05, 4.69) is 10.4 Å². The molecule has 0 spiro atoms. The summed E-state index contributed by atoms with van der Waals surface area (Å²) in [7, 11) is 1.70. The van der Waals surface area contributed by atoms with E-state index in [1.165, 1.54) is 4.68 Å². The quantitative estimate of drug-likeness (QED) is 0.868. The molecule has 0 saturated heterocycles. The average molecular weight is 273 g/mol. The lowest BCUT2D eigenvalue weighted by atomic mass is 10.1. The van der Waals surface area contributed by atoms with E-state index in [4.69, 9.17) is 5.11 Å². The Labute approximate surface area is 116 Å². The second-order valence-corrected chi connectivity index (χ2v) is 4.38. The standard InChI is InChI=1S/C14H15N3O3/c1-17-12(8-9-15-17)14(20)16-11-5-2-10(3-6-11)4-7-13(18)19/h2-3,5-6,8-9H,4,7H2,1H3,(H,16,20)(H,18,19). The number of anilines is 1. The minimum absolute atomic E-state index is 0.0979. The van der Waals surface area contributed by atoms with Gasteiger partial charge in [0.2, 0.25) is 0 Å². The molecular formula is C14H15N3O3. The predicted octanol–water partition coefficient (Wildman–Crippen LogP) is 1.69. The summed E-state index contributed by atoms with van der Waals surface area (Å²) in [5.41, 5.74) is 2.06. The molecule has 0 atom stereocenters. The highest BCUT2D eigenvalue weighted by molar-refractivity contribution is 6.02. The molecule has 0 bridgehead atoms. The van der Waals surface area contributed by atoms with Gasteiger partial charge in [-0.1, -0.05) is 12.1 Å². The Morgan fingerprint density at radius 3 is 2.50 bits per heavy atom. The van der Waals surface area contributed by atoms with Crippen molar-refractivity contribution >= 4 is 17.6 Å². The van der Waals surface area contributed by atoms with Gasteiger partial charge in [0.1, 0.15) is 5.69 Å². The van der Waals surface area contributed by atoms with Crippen molar-refractivity contribution in [2.24, 2.45) is 7.05 Å². The number of carbonyl (C=O) groups excluding carboxylic acids is 1. The van der Waals surface area contributed by atoms with E-state index in [9.17, 15) is 9.59 Å². The van der Waals surface area contributed by atoms with Crippen LogP contribution in [0.1, 0.15) is 22.5 Å². The van der Waals surface area contributed by atoms with Crippen LogP contribution < -0.4 is 5.32 Å². The fraction of sp³-hybridized carbons (Fsp3) is 0.214. The molecule has 0 saturated carbocycles. The van der Waals surface area contributed by atoms with Crippen LogP contribution >= 0.6 is 0 Å². The normalized spacial score (nSPS) is 10.2. The lowest BCUT2D eigenvalue weighted by molar-refractivity contribution is -0.136. The van der Waals surface area contributed by atoms with Crippen LogP contribution in [0.2, 0.25) is 0 Å². The predicted molar refractivity (Wildman–Crippen MR) is 73.6 cm³/mol. The molecule has 0 fully saturated rings. The van der Waals surface area contributed by atoms with E-state index in [0.29, 0.717) is 17.8 Å².